The highest BCUT2D eigenvalue weighted by Gasteiger charge is 2.23. The lowest BCUT2D eigenvalue weighted by Crippen LogP contribution is -2.35. The first-order valence-corrected chi connectivity index (χ1v) is 13.8. The number of rotatable bonds is 10. The Morgan fingerprint density at radius 2 is 1.62 bits per heavy atom. The topological polar surface area (TPSA) is 79.4 Å². The van der Waals surface area contributed by atoms with Crippen LogP contribution >= 0.6 is 0 Å². The monoisotopic (exact) mass is 523 g/mol. The molecule has 0 bridgehead atoms. The largest absolute Gasteiger partial charge is 0.489 e. The number of hydrogen-bond acceptors (Lipinski definition) is 6. The summed E-state index contributed by atoms with van der Waals surface area (Å²) in [5.41, 5.74) is 2.96. The van der Waals surface area contributed by atoms with E-state index >= 15 is 0 Å². The standard InChI is InChI=1S/C32H37N5O2/c1-37(2)31-27-13-7-8-14-28(27)35-32(36-31)34-26-18-16-23(17-19-26)21-33-30(38)20-25-12-6-9-15-29(25)39-22-24-10-4-3-5-11-24/h3-15,23,26H,16-22H2,1-2H3,(H,33,38)(H,34,35,36). The molecule has 1 aromatic heterocycles. The van der Waals surface area contributed by atoms with Crippen molar-refractivity contribution < 1.29 is 9.53 Å². The number of fused-ring (bicyclic) bond motifs is 1. The number of hydrogen-bond donors (Lipinski definition) is 2. The number of nitrogens with one attached hydrogen (secondary N) is 2. The predicted molar refractivity (Wildman–Crippen MR) is 157 cm³/mol. The van der Waals surface area contributed by atoms with Crippen LogP contribution in [0.1, 0.15) is 36.8 Å². The molecule has 0 aliphatic heterocycles. The number of nitrogens with zero attached hydrogens (tertiary/aromatic N) is 3. The maximum absolute atomic E-state index is 12.8. The van der Waals surface area contributed by atoms with Crippen LogP contribution < -0.4 is 20.3 Å². The van der Waals surface area contributed by atoms with Gasteiger partial charge in [-0.25, -0.2) is 4.98 Å². The van der Waals surface area contributed by atoms with Gasteiger partial charge in [-0.1, -0.05) is 60.7 Å². The van der Waals surface area contributed by atoms with Crippen LogP contribution in [0.5, 0.6) is 5.75 Å². The number of carbonyl (C=O) groups excluding carboxylic acids is 1. The number of para-hydroxylation sites is 2. The molecule has 7 heteroatoms. The first-order chi connectivity index (χ1) is 19.0. The molecule has 0 radical (unpaired) electrons. The van der Waals surface area contributed by atoms with Gasteiger partial charge in [0.1, 0.15) is 18.2 Å². The van der Waals surface area contributed by atoms with Crippen molar-refractivity contribution >= 4 is 28.6 Å². The molecule has 0 atom stereocenters. The molecule has 39 heavy (non-hydrogen) atoms. The van der Waals surface area contributed by atoms with Gasteiger partial charge < -0.3 is 20.3 Å². The van der Waals surface area contributed by atoms with E-state index in [0.717, 1.165) is 59.3 Å². The molecule has 0 saturated heterocycles. The summed E-state index contributed by atoms with van der Waals surface area (Å²) in [5.74, 6) is 2.88. The summed E-state index contributed by atoms with van der Waals surface area (Å²) in [6.07, 6.45) is 4.50. The van der Waals surface area contributed by atoms with Crippen molar-refractivity contribution in [2.45, 2.75) is 44.8 Å². The Morgan fingerprint density at radius 3 is 2.41 bits per heavy atom. The van der Waals surface area contributed by atoms with E-state index < -0.39 is 0 Å². The lowest BCUT2D eigenvalue weighted by atomic mass is 9.86. The first-order valence-electron chi connectivity index (χ1n) is 13.8. The van der Waals surface area contributed by atoms with Crippen molar-refractivity contribution in [3.05, 3.63) is 90.0 Å². The van der Waals surface area contributed by atoms with Gasteiger partial charge in [0.05, 0.1) is 11.9 Å². The fourth-order valence-electron chi connectivity index (χ4n) is 5.18. The highest BCUT2D eigenvalue weighted by molar-refractivity contribution is 5.90. The number of anilines is 2. The number of carbonyl (C=O) groups is 1. The van der Waals surface area contributed by atoms with Gasteiger partial charge in [0.15, 0.2) is 0 Å². The number of amides is 1. The van der Waals surface area contributed by atoms with Gasteiger partial charge in [0, 0.05) is 37.6 Å². The van der Waals surface area contributed by atoms with E-state index in [1.807, 2.05) is 91.8 Å². The summed E-state index contributed by atoms with van der Waals surface area (Å²) < 4.78 is 6.02. The molecule has 7 nitrogen and oxygen atoms in total. The predicted octanol–water partition coefficient (Wildman–Crippen LogP) is 5.60. The Labute approximate surface area is 230 Å². The van der Waals surface area contributed by atoms with Crippen LogP contribution in [0, 0.1) is 5.92 Å². The van der Waals surface area contributed by atoms with Gasteiger partial charge in [-0.05, 0) is 55.4 Å². The Morgan fingerprint density at radius 1 is 0.897 bits per heavy atom. The third-order valence-corrected chi connectivity index (χ3v) is 7.34. The van der Waals surface area contributed by atoms with Crippen LogP contribution in [0.3, 0.4) is 0 Å². The molecule has 4 aromatic rings. The average Bonchev–Trinajstić information content (AvgIpc) is 2.96. The first kappa shape index (κ1) is 26.5. The third kappa shape index (κ3) is 7.05. The minimum Gasteiger partial charge on any atom is -0.489 e. The lowest BCUT2D eigenvalue weighted by Gasteiger charge is -2.29. The molecule has 1 amide bonds. The van der Waals surface area contributed by atoms with E-state index in [9.17, 15) is 4.79 Å². The highest BCUT2D eigenvalue weighted by atomic mass is 16.5. The van der Waals surface area contributed by atoms with Gasteiger partial charge in [0.2, 0.25) is 11.9 Å². The fourth-order valence-corrected chi connectivity index (χ4v) is 5.18. The van der Waals surface area contributed by atoms with E-state index in [1.54, 1.807) is 0 Å². The molecule has 0 unspecified atom stereocenters. The zero-order valence-corrected chi connectivity index (χ0v) is 22.8. The van der Waals surface area contributed by atoms with Crippen molar-refractivity contribution in [2.24, 2.45) is 5.92 Å². The van der Waals surface area contributed by atoms with Gasteiger partial charge in [-0.3, -0.25) is 4.79 Å². The summed E-state index contributed by atoms with van der Waals surface area (Å²) in [5, 5.41) is 7.78. The zero-order valence-electron chi connectivity index (χ0n) is 22.8. The minimum atomic E-state index is 0.0341. The third-order valence-electron chi connectivity index (χ3n) is 7.34. The van der Waals surface area contributed by atoms with E-state index in [1.165, 1.54) is 0 Å². The van der Waals surface area contributed by atoms with Gasteiger partial charge in [-0.2, -0.15) is 4.98 Å². The van der Waals surface area contributed by atoms with E-state index in [2.05, 4.69) is 16.7 Å². The van der Waals surface area contributed by atoms with Crippen LogP contribution in [0.15, 0.2) is 78.9 Å². The number of aromatic nitrogens is 2. The molecule has 1 saturated carbocycles. The Hall–Kier alpha value is -4.13. The van der Waals surface area contributed by atoms with Crippen LogP contribution in [0.4, 0.5) is 11.8 Å². The van der Waals surface area contributed by atoms with Gasteiger partial charge >= 0.3 is 0 Å². The quantitative estimate of drug-likeness (QED) is 0.282. The highest BCUT2D eigenvalue weighted by Crippen LogP contribution is 2.28. The molecular formula is C32H37N5O2. The molecule has 1 heterocycles. The number of ether oxygens (including phenoxy) is 1. The second kappa shape index (κ2) is 12.6. The Kier molecular flexibility index (Phi) is 8.56. The maximum atomic E-state index is 12.8. The van der Waals surface area contributed by atoms with Crippen molar-refractivity contribution in [2.75, 3.05) is 30.9 Å². The van der Waals surface area contributed by atoms with E-state index in [-0.39, 0.29) is 5.91 Å². The minimum absolute atomic E-state index is 0.0341. The van der Waals surface area contributed by atoms with Crippen molar-refractivity contribution in [1.29, 1.82) is 0 Å². The molecule has 2 N–H and O–H groups in total. The molecule has 202 valence electrons. The maximum Gasteiger partial charge on any atom is 0.225 e. The summed E-state index contributed by atoms with van der Waals surface area (Å²) in [4.78, 5) is 24.4. The summed E-state index contributed by atoms with van der Waals surface area (Å²) in [7, 11) is 4.02. The smallest absolute Gasteiger partial charge is 0.225 e. The number of benzene rings is 3. The Bertz CT molecular complexity index is 1380. The van der Waals surface area contributed by atoms with Crippen LogP contribution in [-0.4, -0.2) is 42.6 Å². The van der Waals surface area contributed by atoms with Crippen molar-refractivity contribution in [3.63, 3.8) is 0 Å². The van der Waals surface area contributed by atoms with Crippen LogP contribution in [0.2, 0.25) is 0 Å². The van der Waals surface area contributed by atoms with Crippen molar-refractivity contribution in [1.82, 2.24) is 15.3 Å². The molecule has 0 spiro atoms. The van der Waals surface area contributed by atoms with Crippen LogP contribution in [0.25, 0.3) is 10.9 Å². The molecule has 3 aromatic carbocycles. The van der Waals surface area contributed by atoms with Gasteiger partial charge in [-0.15, -0.1) is 0 Å². The fraction of sp³-hybridized carbons (Fsp3) is 0.344. The molecule has 1 aliphatic rings. The normalized spacial score (nSPS) is 17.0. The van der Waals surface area contributed by atoms with Crippen molar-refractivity contribution in [3.8, 4) is 5.75 Å². The second-order valence-corrected chi connectivity index (χ2v) is 10.5. The molecule has 1 aliphatic carbocycles. The molecule has 1 fully saturated rings. The SMILES string of the molecule is CN(C)c1nc(NC2CCC(CNC(=O)Cc3ccccc3OCc3ccccc3)CC2)nc2ccccc12. The molecule has 5 rings (SSSR count). The van der Waals surface area contributed by atoms with E-state index in [0.29, 0.717) is 37.5 Å². The summed E-state index contributed by atoms with van der Waals surface area (Å²) in [6.45, 7) is 1.19. The average molecular weight is 524 g/mol. The van der Waals surface area contributed by atoms with Gasteiger partial charge in [0.25, 0.3) is 0 Å². The Balaban J connectivity index is 1.09. The molecular weight excluding hydrogens is 486 g/mol. The summed E-state index contributed by atoms with van der Waals surface area (Å²) in [6, 6.07) is 26.3. The zero-order chi connectivity index (χ0) is 27.0. The lowest BCUT2D eigenvalue weighted by molar-refractivity contribution is -0.120. The second-order valence-electron chi connectivity index (χ2n) is 10.5. The van der Waals surface area contributed by atoms with Crippen LogP contribution in [-0.2, 0) is 17.8 Å². The summed E-state index contributed by atoms with van der Waals surface area (Å²) >= 11 is 0. The van der Waals surface area contributed by atoms with E-state index in [4.69, 9.17) is 14.7 Å².